The maximum absolute atomic E-state index is 13.8. The molecule has 1 aromatic carbocycles. The highest BCUT2D eigenvalue weighted by molar-refractivity contribution is 5.33. The Hall–Kier alpha value is -1.81. The van der Waals surface area contributed by atoms with Gasteiger partial charge in [-0.25, -0.2) is 8.78 Å². The molecule has 1 heterocycles. The lowest BCUT2D eigenvalue weighted by Crippen LogP contribution is -2.19. The van der Waals surface area contributed by atoms with E-state index in [1.165, 1.54) is 12.1 Å². The molecule has 0 aliphatic heterocycles. The van der Waals surface area contributed by atoms with Crippen LogP contribution >= 0.6 is 0 Å². The molecular formula is C14H14F2N2. The molecule has 94 valence electrons. The lowest BCUT2D eigenvalue weighted by molar-refractivity contribution is 0.551. The highest BCUT2D eigenvalue weighted by atomic mass is 19.1. The van der Waals surface area contributed by atoms with Crippen molar-refractivity contribution < 1.29 is 8.78 Å². The van der Waals surface area contributed by atoms with Gasteiger partial charge < -0.3 is 5.32 Å². The van der Waals surface area contributed by atoms with E-state index in [1.807, 2.05) is 19.1 Å². The van der Waals surface area contributed by atoms with E-state index in [9.17, 15) is 8.78 Å². The van der Waals surface area contributed by atoms with Gasteiger partial charge in [-0.3, -0.25) is 4.98 Å². The van der Waals surface area contributed by atoms with Crippen LogP contribution in [0.1, 0.15) is 22.9 Å². The third kappa shape index (κ3) is 2.54. The molecule has 2 nitrogen and oxygen atoms in total. The van der Waals surface area contributed by atoms with Crippen LogP contribution in [0, 0.1) is 18.6 Å². The van der Waals surface area contributed by atoms with Crippen LogP contribution in [0.15, 0.2) is 36.5 Å². The number of nitrogens with zero attached hydrogens (tertiary/aromatic N) is 1. The van der Waals surface area contributed by atoms with E-state index < -0.39 is 11.6 Å². The summed E-state index contributed by atoms with van der Waals surface area (Å²) >= 11 is 0. The predicted octanol–water partition coefficient (Wildman–Crippen LogP) is 2.98. The quantitative estimate of drug-likeness (QED) is 0.903. The summed E-state index contributed by atoms with van der Waals surface area (Å²) in [6, 6.07) is 7.00. The average Bonchev–Trinajstić information content (AvgIpc) is 2.33. The first-order chi connectivity index (χ1) is 8.61. The van der Waals surface area contributed by atoms with E-state index in [1.54, 1.807) is 13.2 Å². The van der Waals surface area contributed by atoms with Gasteiger partial charge in [-0.2, -0.15) is 0 Å². The van der Waals surface area contributed by atoms with Crippen molar-refractivity contribution in [3.63, 3.8) is 0 Å². The summed E-state index contributed by atoms with van der Waals surface area (Å²) in [4.78, 5) is 4.11. The number of hydrogen-bond acceptors (Lipinski definition) is 2. The Bertz CT molecular complexity index is 555. The van der Waals surface area contributed by atoms with Crippen molar-refractivity contribution in [2.45, 2.75) is 13.0 Å². The van der Waals surface area contributed by atoms with Crippen molar-refractivity contribution >= 4 is 0 Å². The predicted molar refractivity (Wildman–Crippen MR) is 66.2 cm³/mol. The fourth-order valence-corrected chi connectivity index (χ4v) is 1.98. The summed E-state index contributed by atoms with van der Waals surface area (Å²) in [6.07, 6.45) is 1.68. The number of pyridine rings is 1. The lowest BCUT2D eigenvalue weighted by atomic mass is 9.98. The minimum atomic E-state index is -0.572. The molecule has 1 aromatic heterocycles. The van der Waals surface area contributed by atoms with Gasteiger partial charge in [0.05, 0.1) is 6.04 Å². The normalized spacial score (nSPS) is 12.4. The third-order valence-corrected chi connectivity index (χ3v) is 2.82. The van der Waals surface area contributed by atoms with E-state index in [-0.39, 0.29) is 6.04 Å². The number of aromatic nitrogens is 1. The van der Waals surface area contributed by atoms with E-state index in [2.05, 4.69) is 10.3 Å². The molecule has 0 radical (unpaired) electrons. The van der Waals surface area contributed by atoms with E-state index >= 15 is 0 Å². The number of nitrogens with one attached hydrogen (secondary N) is 1. The molecular weight excluding hydrogens is 234 g/mol. The van der Waals surface area contributed by atoms with Crippen LogP contribution in [0.5, 0.6) is 0 Å². The average molecular weight is 248 g/mol. The molecule has 0 bridgehead atoms. The highest BCUT2D eigenvalue weighted by Gasteiger charge is 2.16. The Balaban J connectivity index is 2.45. The van der Waals surface area contributed by atoms with Gasteiger partial charge in [0.25, 0.3) is 0 Å². The summed E-state index contributed by atoms with van der Waals surface area (Å²) in [7, 11) is 1.74. The van der Waals surface area contributed by atoms with Crippen LogP contribution in [-0.4, -0.2) is 12.0 Å². The van der Waals surface area contributed by atoms with E-state index in [0.717, 1.165) is 17.3 Å². The van der Waals surface area contributed by atoms with Crippen LogP contribution in [-0.2, 0) is 0 Å². The van der Waals surface area contributed by atoms with Gasteiger partial charge in [-0.15, -0.1) is 0 Å². The van der Waals surface area contributed by atoms with Crippen LogP contribution < -0.4 is 5.32 Å². The minimum Gasteiger partial charge on any atom is -0.309 e. The van der Waals surface area contributed by atoms with Crippen LogP contribution in [0.3, 0.4) is 0 Å². The fourth-order valence-electron chi connectivity index (χ4n) is 1.98. The molecule has 2 aromatic rings. The first-order valence-corrected chi connectivity index (χ1v) is 5.66. The van der Waals surface area contributed by atoms with Crippen LogP contribution in [0.4, 0.5) is 8.78 Å². The molecule has 0 aliphatic rings. The number of benzene rings is 1. The van der Waals surface area contributed by atoms with Crippen molar-refractivity contribution in [3.05, 3.63) is 65.0 Å². The molecule has 0 amide bonds. The largest absolute Gasteiger partial charge is 0.309 e. The molecule has 1 atom stereocenters. The van der Waals surface area contributed by atoms with Gasteiger partial charge in [-0.1, -0.05) is 6.07 Å². The van der Waals surface area contributed by atoms with Crippen LogP contribution in [0.2, 0.25) is 0 Å². The Morgan fingerprint density at radius 1 is 1.17 bits per heavy atom. The second-order valence-corrected chi connectivity index (χ2v) is 4.12. The van der Waals surface area contributed by atoms with E-state index in [4.69, 9.17) is 0 Å². The van der Waals surface area contributed by atoms with Crippen molar-refractivity contribution in [3.8, 4) is 0 Å². The molecule has 0 fully saturated rings. The van der Waals surface area contributed by atoms with Crippen molar-refractivity contribution in [1.29, 1.82) is 0 Å². The topological polar surface area (TPSA) is 24.9 Å². The van der Waals surface area contributed by atoms with Gasteiger partial charge in [0.15, 0.2) is 0 Å². The summed E-state index contributed by atoms with van der Waals surface area (Å²) in [6.45, 7) is 1.87. The molecule has 0 aliphatic carbocycles. The van der Waals surface area contributed by atoms with Crippen molar-refractivity contribution in [2.24, 2.45) is 0 Å². The maximum atomic E-state index is 13.8. The van der Waals surface area contributed by atoms with Gasteiger partial charge >= 0.3 is 0 Å². The Morgan fingerprint density at radius 3 is 2.56 bits per heavy atom. The lowest BCUT2D eigenvalue weighted by Gasteiger charge is -2.18. The van der Waals surface area contributed by atoms with Gasteiger partial charge in [0, 0.05) is 23.5 Å². The second-order valence-electron chi connectivity index (χ2n) is 4.12. The number of rotatable bonds is 3. The molecule has 0 saturated carbocycles. The number of aryl methyl sites for hydroxylation is 1. The maximum Gasteiger partial charge on any atom is 0.131 e. The van der Waals surface area contributed by atoms with E-state index in [0.29, 0.717) is 5.56 Å². The van der Waals surface area contributed by atoms with Crippen molar-refractivity contribution in [2.75, 3.05) is 7.05 Å². The first-order valence-electron chi connectivity index (χ1n) is 5.66. The smallest absolute Gasteiger partial charge is 0.131 e. The summed E-state index contributed by atoms with van der Waals surface area (Å²) in [5, 5.41) is 3.03. The Morgan fingerprint density at radius 2 is 1.94 bits per heavy atom. The van der Waals surface area contributed by atoms with Crippen LogP contribution in [0.25, 0.3) is 0 Å². The Labute approximate surface area is 105 Å². The summed E-state index contributed by atoms with van der Waals surface area (Å²) in [5.74, 6) is -1.12. The molecule has 2 rings (SSSR count). The molecule has 18 heavy (non-hydrogen) atoms. The zero-order chi connectivity index (χ0) is 13.1. The second kappa shape index (κ2) is 5.23. The highest BCUT2D eigenvalue weighted by Crippen LogP contribution is 2.24. The molecule has 4 heteroatoms. The zero-order valence-electron chi connectivity index (χ0n) is 10.2. The fraction of sp³-hybridized carbons (Fsp3) is 0.214. The van der Waals surface area contributed by atoms with Gasteiger partial charge in [0.1, 0.15) is 11.6 Å². The zero-order valence-corrected chi connectivity index (χ0v) is 10.2. The molecule has 0 spiro atoms. The number of halogens is 2. The standard InChI is InChI=1S/C14H14F2N2/c1-9-7-10(5-6-18-9)14(17-2)12-4-3-11(15)8-13(12)16/h3-8,14,17H,1-2H3. The Kier molecular flexibility index (Phi) is 3.67. The molecule has 1 N–H and O–H groups in total. The summed E-state index contributed by atoms with van der Waals surface area (Å²) in [5.41, 5.74) is 2.18. The van der Waals surface area contributed by atoms with Crippen molar-refractivity contribution in [1.82, 2.24) is 10.3 Å². The minimum absolute atomic E-state index is 0.313. The SMILES string of the molecule is CNC(c1ccnc(C)c1)c1ccc(F)cc1F. The number of hydrogen-bond donors (Lipinski definition) is 1. The first kappa shape index (κ1) is 12.6. The van der Waals surface area contributed by atoms with Gasteiger partial charge in [0.2, 0.25) is 0 Å². The molecule has 1 unspecified atom stereocenters. The third-order valence-electron chi connectivity index (χ3n) is 2.82. The van der Waals surface area contributed by atoms with Gasteiger partial charge in [-0.05, 0) is 37.7 Å². The summed E-state index contributed by atoms with van der Waals surface area (Å²) < 4.78 is 26.7. The monoisotopic (exact) mass is 248 g/mol. The molecule has 0 saturated heterocycles.